The first-order valence-electron chi connectivity index (χ1n) is 4.26. The quantitative estimate of drug-likeness (QED) is 0.757. The third kappa shape index (κ3) is 7.27. The van der Waals surface area contributed by atoms with Crippen LogP contribution in [0.1, 0.15) is 5.56 Å². The van der Waals surface area contributed by atoms with Crippen molar-refractivity contribution >= 4 is 11.9 Å². The lowest BCUT2D eigenvalue weighted by Gasteiger charge is -1.86. The van der Waals surface area contributed by atoms with Crippen LogP contribution >= 0.6 is 0 Å². The van der Waals surface area contributed by atoms with E-state index in [2.05, 4.69) is 0 Å². The maximum Gasteiger partial charge on any atom is 0.328 e. The molecule has 0 aromatic heterocycles. The summed E-state index contributed by atoms with van der Waals surface area (Å²) in [5.41, 5.74) is 0.0949. The lowest BCUT2D eigenvalue weighted by atomic mass is 10.2. The van der Waals surface area contributed by atoms with E-state index >= 15 is 0 Å². The van der Waals surface area contributed by atoms with Gasteiger partial charge in [-0.05, 0) is 12.1 Å². The fraction of sp³-hybridized carbons (Fsp3) is 0. The molecule has 1 aromatic carbocycles. The Morgan fingerprint density at radius 3 is 1.94 bits per heavy atom. The molecule has 88 valence electrons. The summed E-state index contributed by atoms with van der Waals surface area (Å²) in [5, 5.41) is 23.9. The van der Waals surface area contributed by atoms with Gasteiger partial charge in [-0.3, -0.25) is 0 Å². The highest BCUT2D eigenvalue weighted by Crippen LogP contribution is 2.02. The first kappa shape index (κ1) is 14.3. The number of nitriles is 1. The second-order valence-corrected chi connectivity index (χ2v) is 2.60. The molecule has 0 aliphatic rings. The molecule has 0 aliphatic carbocycles. The van der Waals surface area contributed by atoms with Crippen molar-refractivity contribution in [3.05, 3.63) is 47.8 Å². The number of benzene rings is 1. The Balaban J connectivity index is 0.000000304. The zero-order chi connectivity index (χ0) is 13.3. The van der Waals surface area contributed by atoms with E-state index in [4.69, 9.17) is 15.5 Å². The molecule has 17 heavy (non-hydrogen) atoms. The molecule has 0 amide bonds. The highest BCUT2D eigenvalue weighted by molar-refractivity contribution is 5.89. The van der Waals surface area contributed by atoms with Crippen LogP contribution in [0.5, 0.6) is 0 Å². The number of carboxylic acid groups (broad SMARTS) is 2. The normalized spacial score (nSPS) is 8.94. The number of carbonyl (C=O) groups is 2. The average Bonchev–Trinajstić information content (AvgIpc) is 2.28. The van der Waals surface area contributed by atoms with E-state index < -0.39 is 17.8 Å². The minimum absolute atomic E-state index is 0.0949. The van der Waals surface area contributed by atoms with Gasteiger partial charge in [-0.1, -0.05) is 12.1 Å². The minimum Gasteiger partial charge on any atom is -0.478 e. The van der Waals surface area contributed by atoms with Crippen molar-refractivity contribution < 1.29 is 24.2 Å². The van der Waals surface area contributed by atoms with E-state index in [-0.39, 0.29) is 5.56 Å². The summed E-state index contributed by atoms with van der Waals surface area (Å²) in [4.78, 5) is 19.1. The Hall–Kier alpha value is -2.68. The van der Waals surface area contributed by atoms with Gasteiger partial charge in [0.2, 0.25) is 0 Å². The number of aliphatic carboxylic acids is 2. The molecule has 1 aromatic rings. The van der Waals surface area contributed by atoms with Gasteiger partial charge in [0.25, 0.3) is 0 Å². The molecule has 2 N–H and O–H groups in total. The van der Waals surface area contributed by atoms with Crippen molar-refractivity contribution in [3.8, 4) is 6.07 Å². The molecule has 0 aliphatic heterocycles. The molecular formula is C11H8FNO4. The van der Waals surface area contributed by atoms with Crippen LogP contribution in [-0.4, -0.2) is 22.2 Å². The summed E-state index contributed by atoms with van der Waals surface area (Å²) >= 11 is 0. The number of carboxylic acids is 2. The van der Waals surface area contributed by atoms with Crippen LogP contribution in [-0.2, 0) is 9.59 Å². The van der Waals surface area contributed by atoms with Gasteiger partial charge in [0, 0.05) is 12.2 Å². The maximum absolute atomic E-state index is 12.4. The topological polar surface area (TPSA) is 98.4 Å². The van der Waals surface area contributed by atoms with Gasteiger partial charge in [0.1, 0.15) is 11.9 Å². The molecule has 0 radical (unpaired) electrons. The zero-order valence-corrected chi connectivity index (χ0v) is 8.50. The molecule has 6 heteroatoms. The fourth-order valence-corrected chi connectivity index (χ4v) is 0.694. The zero-order valence-electron chi connectivity index (χ0n) is 8.50. The molecule has 0 heterocycles. The molecule has 0 fully saturated rings. The van der Waals surface area contributed by atoms with Gasteiger partial charge < -0.3 is 10.2 Å². The van der Waals surface area contributed by atoms with Gasteiger partial charge in [0.15, 0.2) is 0 Å². The largest absolute Gasteiger partial charge is 0.478 e. The number of nitrogens with zero attached hydrogens (tertiary/aromatic N) is 1. The van der Waals surface area contributed by atoms with E-state index in [1.165, 1.54) is 12.1 Å². The standard InChI is InChI=1S/C7H4FN.C4H4O4/c8-7-4-2-1-3-6(7)5-9;5-3(6)1-2-4(7)8/h1-4H;1-2H,(H,5,6)(H,7,8)/b;2-1-. The van der Waals surface area contributed by atoms with Gasteiger partial charge in [-0.25, -0.2) is 14.0 Å². The van der Waals surface area contributed by atoms with Crippen LogP contribution in [0.25, 0.3) is 0 Å². The monoisotopic (exact) mass is 237 g/mol. The fourth-order valence-electron chi connectivity index (χ4n) is 0.694. The third-order valence-electron chi connectivity index (χ3n) is 1.36. The van der Waals surface area contributed by atoms with Crippen LogP contribution in [0.3, 0.4) is 0 Å². The van der Waals surface area contributed by atoms with Crippen molar-refractivity contribution in [2.24, 2.45) is 0 Å². The number of rotatable bonds is 2. The van der Waals surface area contributed by atoms with Crippen molar-refractivity contribution in [2.45, 2.75) is 0 Å². The van der Waals surface area contributed by atoms with E-state index in [9.17, 15) is 14.0 Å². The van der Waals surface area contributed by atoms with Gasteiger partial charge in [0.05, 0.1) is 5.56 Å². The van der Waals surface area contributed by atoms with Crippen LogP contribution in [0, 0.1) is 17.1 Å². The Labute approximate surface area is 96.0 Å². The maximum atomic E-state index is 12.4. The molecular weight excluding hydrogens is 229 g/mol. The number of hydrogen-bond donors (Lipinski definition) is 2. The summed E-state index contributed by atoms with van der Waals surface area (Å²) < 4.78 is 12.4. The van der Waals surface area contributed by atoms with Gasteiger partial charge >= 0.3 is 11.9 Å². The Morgan fingerprint density at radius 2 is 1.65 bits per heavy atom. The van der Waals surface area contributed by atoms with Crippen LogP contribution < -0.4 is 0 Å². The Kier molecular flexibility index (Phi) is 6.39. The number of halogens is 1. The molecule has 0 atom stereocenters. The molecule has 5 nitrogen and oxygen atoms in total. The molecule has 0 saturated carbocycles. The van der Waals surface area contributed by atoms with Gasteiger partial charge in [-0.15, -0.1) is 0 Å². The third-order valence-corrected chi connectivity index (χ3v) is 1.36. The highest BCUT2D eigenvalue weighted by Gasteiger charge is 1.94. The van der Waals surface area contributed by atoms with E-state index in [0.717, 1.165) is 0 Å². The lowest BCUT2D eigenvalue weighted by Crippen LogP contribution is -1.91. The predicted octanol–water partition coefficient (Wildman–Crippen LogP) is 1.41. The number of hydrogen-bond acceptors (Lipinski definition) is 3. The average molecular weight is 237 g/mol. The van der Waals surface area contributed by atoms with Crippen LogP contribution in [0.4, 0.5) is 4.39 Å². The molecule has 0 saturated heterocycles. The van der Waals surface area contributed by atoms with E-state index in [1.807, 2.05) is 0 Å². The summed E-state index contributed by atoms with van der Waals surface area (Å²) in [6, 6.07) is 7.60. The second kappa shape index (κ2) is 7.59. The molecule has 0 spiro atoms. The predicted molar refractivity (Wildman–Crippen MR) is 55.5 cm³/mol. The van der Waals surface area contributed by atoms with E-state index in [1.54, 1.807) is 18.2 Å². The highest BCUT2D eigenvalue weighted by atomic mass is 19.1. The summed E-state index contributed by atoms with van der Waals surface area (Å²) in [6.45, 7) is 0. The van der Waals surface area contributed by atoms with Crippen molar-refractivity contribution in [1.82, 2.24) is 0 Å². The minimum atomic E-state index is -1.26. The van der Waals surface area contributed by atoms with Crippen molar-refractivity contribution in [1.29, 1.82) is 5.26 Å². The summed E-state index contributed by atoms with van der Waals surface area (Å²) in [6.07, 6.45) is 1.12. The summed E-state index contributed by atoms with van der Waals surface area (Å²) in [7, 11) is 0. The van der Waals surface area contributed by atoms with Crippen LogP contribution in [0.15, 0.2) is 36.4 Å². The van der Waals surface area contributed by atoms with Crippen molar-refractivity contribution in [3.63, 3.8) is 0 Å². The molecule has 0 unspecified atom stereocenters. The Bertz CT molecular complexity index is 461. The van der Waals surface area contributed by atoms with Crippen molar-refractivity contribution in [2.75, 3.05) is 0 Å². The van der Waals surface area contributed by atoms with Gasteiger partial charge in [-0.2, -0.15) is 5.26 Å². The van der Waals surface area contributed by atoms with E-state index in [0.29, 0.717) is 12.2 Å². The van der Waals surface area contributed by atoms with Crippen LogP contribution in [0.2, 0.25) is 0 Å². The lowest BCUT2D eigenvalue weighted by molar-refractivity contribution is -0.134. The molecule has 0 bridgehead atoms. The Morgan fingerprint density at radius 1 is 1.18 bits per heavy atom. The first-order chi connectivity index (χ1) is 7.97. The first-order valence-corrected chi connectivity index (χ1v) is 4.26. The summed E-state index contributed by atoms with van der Waals surface area (Å²) in [5.74, 6) is -2.97. The smallest absolute Gasteiger partial charge is 0.328 e. The second-order valence-electron chi connectivity index (χ2n) is 2.60. The molecule has 1 rings (SSSR count). The SMILES string of the molecule is N#Cc1ccccc1F.O=C(O)/C=C\C(=O)O.